The van der Waals surface area contributed by atoms with Gasteiger partial charge >= 0.3 is 0 Å². The zero-order chi connectivity index (χ0) is 21.9. The van der Waals surface area contributed by atoms with Crippen molar-refractivity contribution in [2.75, 3.05) is 20.2 Å². The number of nitrogens with one attached hydrogen (secondary N) is 1. The molecule has 0 bridgehead atoms. The van der Waals surface area contributed by atoms with Crippen LogP contribution in [-0.2, 0) is 26.1 Å². The van der Waals surface area contributed by atoms with Gasteiger partial charge in [-0.05, 0) is 49.1 Å². The molecule has 0 aliphatic carbocycles. The first-order valence-corrected chi connectivity index (χ1v) is 11.3. The summed E-state index contributed by atoms with van der Waals surface area (Å²) in [6.07, 6.45) is 6.04. The van der Waals surface area contributed by atoms with E-state index in [0.29, 0.717) is 12.4 Å². The normalized spacial score (nSPS) is 16.5. The van der Waals surface area contributed by atoms with E-state index in [9.17, 15) is 4.79 Å². The third-order valence-electron chi connectivity index (χ3n) is 6.37. The Labute approximate surface area is 187 Å². The lowest BCUT2D eigenvalue weighted by Gasteiger charge is -2.28. The molecule has 0 saturated carbocycles. The summed E-state index contributed by atoms with van der Waals surface area (Å²) in [5.41, 5.74) is 5.13. The van der Waals surface area contributed by atoms with E-state index in [-0.39, 0.29) is 5.56 Å². The SMILES string of the molecule is COc1ccc(Cn2cccc2CN2CCc3nc(C4=NCCCC4)[nH]c(=O)c3C2)cc1. The number of rotatable bonds is 6. The zero-order valence-corrected chi connectivity index (χ0v) is 18.5. The van der Waals surface area contributed by atoms with Gasteiger partial charge in [-0.2, -0.15) is 0 Å². The average molecular weight is 432 g/mol. The number of nitrogens with zero attached hydrogens (tertiary/aromatic N) is 4. The summed E-state index contributed by atoms with van der Waals surface area (Å²) in [4.78, 5) is 27.5. The van der Waals surface area contributed by atoms with Crippen molar-refractivity contribution in [1.82, 2.24) is 19.4 Å². The quantitative estimate of drug-likeness (QED) is 0.651. The number of benzene rings is 1. The monoisotopic (exact) mass is 431 g/mol. The molecular weight excluding hydrogens is 402 g/mol. The molecule has 7 heteroatoms. The summed E-state index contributed by atoms with van der Waals surface area (Å²) >= 11 is 0. The van der Waals surface area contributed by atoms with E-state index in [1.807, 2.05) is 12.1 Å². The number of fused-ring (bicyclic) bond motifs is 1. The Hall–Kier alpha value is -3.19. The first-order valence-electron chi connectivity index (χ1n) is 11.3. The minimum absolute atomic E-state index is 0.0170. The number of hydrogen-bond acceptors (Lipinski definition) is 5. The summed E-state index contributed by atoms with van der Waals surface area (Å²) in [6, 6.07) is 12.4. The van der Waals surface area contributed by atoms with E-state index in [1.54, 1.807) is 7.11 Å². The molecule has 4 heterocycles. The number of hydrogen-bond donors (Lipinski definition) is 1. The van der Waals surface area contributed by atoms with Crippen molar-refractivity contribution in [3.63, 3.8) is 0 Å². The highest BCUT2D eigenvalue weighted by atomic mass is 16.5. The second-order valence-electron chi connectivity index (χ2n) is 8.56. The molecule has 0 atom stereocenters. The fourth-order valence-corrected chi connectivity index (χ4v) is 4.55. The van der Waals surface area contributed by atoms with Gasteiger partial charge < -0.3 is 14.3 Å². The van der Waals surface area contributed by atoms with E-state index in [2.05, 4.69) is 49.9 Å². The maximum atomic E-state index is 12.8. The van der Waals surface area contributed by atoms with Crippen LogP contribution in [0.1, 0.15) is 47.6 Å². The highest BCUT2D eigenvalue weighted by Crippen LogP contribution is 2.19. The molecule has 1 aromatic carbocycles. The van der Waals surface area contributed by atoms with Crippen LogP contribution in [0.4, 0.5) is 0 Å². The van der Waals surface area contributed by atoms with Gasteiger partial charge in [0.2, 0.25) is 0 Å². The zero-order valence-electron chi connectivity index (χ0n) is 18.5. The van der Waals surface area contributed by atoms with E-state index in [0.717, 1.165) is 74.6 Å². The van der Waals surface area contributed by atoms with Crippen molar-refractivity contribution in [2.45, 2.75) is 45.3 Å². The molecule has 1 N–H and O–H groups in total. The number of aromatic nitrogens is 3. The maximum absolute atomic E-state index is 12.8. The standard InChI is InChI=1S/C25H29N5O2/c1-32-20-9-7-18(8-10-20)15-30-13-4-5-19(30)16-29-14-11-22-21(17-29)25(31)28-24(27-22)23-6-2-3-12-26-23/h4-5,7-10,13H,2-3,6,11-12,14-17H2,1H3,(H,27,28,31). The first kappa shape index (κ1) is 20.7. The van der Waals surface area contributed by atoms with Gasteiger partial charge in [-0.25, -0.2) is 4.98 Å². The van der Waals surface area contributed by atoms with Crippen LogP contribution >= 0.6 is 0 Å². The Bertz CT molecular complexity index is 1180. The van der Waals surface area contributed by atoms with Gasteiger partial charge in [0.15, 0.2) is 5.82 Å². The lowest BCUT2D eigenvalue weighted by Crippen LogP contribution is -2.36. The first-order chi connectivity index (χ1) is 15.7. The average Bonchev–Trinajstić information content (AvgIpc) is 3.26. The third kappa shape index (κ3) is 4.39. The third-order valence-corrected chi connectivity index (χ3v) is 6.37. The number of aliphatic imine (C=N–C) groups is 1. The van der Waals surface area contributed by atoms with E-state index in [4.69, 9.17) is 9.72 Å². The lowest BCUT2D eigenvalue weighted by molar-refractivity contribution is 0.236. The predicted octanol–water partition coefficient (Wildman–Crippen LogP) is 3.16. The van der Waals surface area contributed by atoms with Crippen LogP contribution in [-0.4, -0.2) is 45.3 Å². The van der Waals surface area contributed by atoms with Gasteiger partial charge in [0.25, 0.3) is 5.56 Å². The van der Waals surface area contributed by atoms with Crippen LogP contribution in [0, 0.1) is 0 Å². The second-order valence-corrected chi connectivity index (χ2v) is 8.56. The Morgan fingerprint density at radius 3 is 2.75 bits per heavy atom. The predicted molar refractivity (Wildman–Crippen MR) is 124 cm³/mol. The van der Waals surface area contributed by atoms with Gasteiger partial charge in [-0.15, -0.1) is 0 Å². The number of H-pyrrole nitrogens is 1. The molecule has 0 saturated heterocycles. The minimum atomic E-state index is -0.0170. The van der Waals surface area contributed by atoms with E-state index >= 15 is 0 Å². The van der Waals surface area contributed by atoms with Gasteiger partial charge in [0.1, 0.15) is 5.75 Å². The molecule has 0 fully saturated rings. The summed E-state index contributed by atoms with van der Waals surface area (Å²) in [6.45, 7) is 3.96. The molecule has 2 aliphatic rings. The Morgan fingerprint density at radius 1 is 1.09 bits per heavy atom. The molecule has 3 aromatic rings. The van der Waals surface area contributed by atoms with Crippen LogP contribution in [0.15, 0.2) is 52.4 Å². The van der Waals surface area contributed by atoms with Crippen molar-refractivity contribution in [3.05, 3.63) is 81.3 Å². The van der Waals surface area contributed by atoms with E-state index < -0.39 is 0 Å². The van der Waals surface area contributed by atoms with Crippen LogP contribution in [0.25, 0.3) is 0 Å². The van der Waals surface area contributed by atoms with Crippen molar-refractivity contribution >= 4 is 5.71 Å². The Balaban J connectivity index is 1.29. The molecule has 0 amide bonds. The van der Waals surface area contributed by atoms with Crippen molar-refractivity contribution in [2.24, 2.45) is 4.99 Å². The summed E-state index contributed by atoms with van der Waals surface area (Å²) in [5.74, 6) is 1.54. The van der Waals surface area contributed by atoms with Crippen molar-refractivity contribution in [3.8, 4) is 5.75 Å². The topological polar surface area (TPSA) is 75.5 Å². The molecule has 0 spiro atoms. The number of aromatic amines is 1. The molecule has 166 valence electrons. The van der Waals surface area contributed by atoms with Gasteiger partial charge in [0, 0.05) is 51.0 Å². The minimum Gasteiger partial charge on any atom is -0.497 e. The van der Waals surface area contributed by atoms with Gasteiger partial charge in [-0.1, -0.05) is 12.1 Å². The van der Waals surface area contributed by atoms with Crippen molar-refractivity contribution < 1.29 is 4.74 Å². The molecule has 32 heavy (non-hydrogen) atoms. The van der Waals surface area contributed by atoms with Crippen LogP contribution in [0.3, 0.4) is 0 Å². The highest BCUT2D eigenvalue weighted by Gasteiger charge is 2.23. The molecule has 7 nitrogen and oxygen atoms in total. The fourth-order valence-electron chi connectivity index (χ4n) is 4.55. The summed E-state index contributed by atoms with van der Waals surface area (Å²) in [7, 11) is 1.68. The molecular formula is C25H29N5O2. The second kappa shape index (κ2) is 9.12. The molecule has 0 radical (unpaired) electrons. The Kier molecular flexibility index (Phi) is 5.90. The lowest BCUT2D eigenvalue weighted by atomic mass is 10.0. The summed E-state index contributed by atoms with van der Waals surface area (Å²) < 4.78 is 7.52. The van der Waals surface area contributed by atoms with Crippen molar-refractivity contribution in [1.29, 1.82) is 0 Å². The molecule has 2 aliphatic heterocycles. The maximum Gasteiger partial charge on any atom is 0.255 e. The van der Waals surface area contributed by atoms with Crippen LogP contribution in [0.5, 0.6) is 5.75 Å². The number of methoxy groups -OCH3 is 1. The molecule has 0 unspecified atom stereocenters. The highest BCUT2D eigenvalue weighted by molar-refractivity contribution is 5.97. The van der Waals surface area contributed by atoms with Crippen LogP contribution in [0.2, 0.25) is 0 Å². The molecule has 2 aromatic heterocycles. The smallest absolute Gasteiger partial charge is 0.255 e. The van der Waals surface area contributed by atoms with E-state index in [1.165, 1.54) is 11.3 Å². The van der Waals surface area contributed by atoms with Gasteiger partial charge in [-0.3, -0.25) is 14.7 Å². The largest absolute Gasteiger partial charge is 0.497 e. The van der Waals surface area contributed by atoms with Gasteiger partial charge in [0.05, 0.1) is 24.1 Å². The number of ether oxygens (including phenoxy) is 1. The summed E-state index contributed by atoms with van der Waals surface area (Å²) in [5, 5.41) is 0. The fraction of sp³-hybridized carbons (Fsp3) is 0.400. The Morgan fingerprint density at radius 2 is 1.97 bits per heavy atom. The van der Waals surface area contributed by atoms with Crippen LogP contribution < -0.4 is 10.3 Å². The molecule has 5 rings (SSSR count).